The molecule has 5 heterocycles. The summed E-state index contributed by atoms with van der Waals surface area (Å²) in [4.78, 5) is 35.7. The Labute approximate surface area is 159 Å². The third kappa shape index (κ3) is 2.88. The highest BCUT2D eigenvalue weighted by atomic mass is 16.3. The molecule has 0 bridgehead atoms. The van der Waals surface area contributed by atoms with E-state index in [-0.39, 0.29) is 17.4 Å². The van der Waals surface area contributed by atoms with Gasteiger partial charge in [-0.1, -0.05) is 6.07 Å². The topological polar surface area (TPSA) is 96.5 Å². The normalized spacial score (nSPS) is 16.9. The monoisotopic (exact) mass is 375 g/mol. The minimum atomic E-state index is -0.214. The van der Waals surface area contributed by atoms with E-state index in [9.17, 15) is 9.59 Å². The number of nitrogens with zero attached hydrogens (tertiary/aromatic N) is 4. The van der Waals surface area contributed by atoms with Gasteiger partial charge in [0.25, 0.3) is 5.56 Å². The number of pyridine rings is 1. The van der Waals surface area contributed by atoms with Crippen molar-refractivity contribution in [3.8, 4) is 11.5 Å². The lowest BCUT2D eigenvalue weighted by Gasteiger charge is -2.15. The van der Waals surface area contributed by atoms with Crippen LogP contribution in [-0.4, -0.2) is 36.9 Å². The van der Waals surface area contributed by atoms with E-state index in [0.29, 0.717) is 42.3 Å². The fraction of sp³-hybridized carbons (Fsp3) is 0.200. The highest BCUT2D eigenvalue weighted by Gasteiger charge is 2.32. The second-order valence-electron chi connectivity index (χ2n) is 6.86. The predicted octanol–water partition coefficient (Wildman–Crippen LogP) is 2.19. The van der Waals surface area contributed by atoms with Gasteiger partial charge in [0.2, 0.25) is 5.91 Å². The molecule has 1 fully saturated rings. The van der Waals surface area contributed by atoms with Gasteiger partial charge in [0, 0.05) is 37.2 Å². The van der Waals surface area contributed by atoms with Crippen molar-refractivity contribution in [2.24, 2.45) is 0 Å². The molecule has 0 saturated carbocycles. The standard InChI is InChI=1S/C20H17N5O3/c26-19-8-13(11-24(19)12-14-4-1-2-6-21-14)15-10-20(27)25-18(22-15)9-16(23-25)17-5-3-7-28-17/h1-7,9-10,13,23H,8,11-12H2. The number of aromatic amines is 1. The minimum Gasteiger partial charge on any atom is -0.463 e. The molecule has 1 unspecified atom stereocenters. The number of hydrogen-bond donors (Lipinski definition) is 1. The third-order valence-corrected chi connectivity index (χ3v) is 4.97. The summed E-state index contributed by atoms with van der Waals surface area (Å²) < 4.78 is 6.75. The molecule has 0 aromatic carbocycles. The van der Waals surface area contributed by atoms with Gasteiger partial charge in [-0.25, -0.2) is 9.50 Å². The number of rotatable bonds is 4. The quantitative estimate of drug-likeness (QED) is 0.590. The van der Waals surface area contributed by atoms with Gasteiger partial charge in [0.1, 0.15) is 5.69 Å². The lowest BCUT2D eigenvalue weighted by molar-refractivity contribution is -0.128. The number of carbonyl (C=O) groups is 1. The smallest absolute Gasteiger partial charge is 0.272 e. The first-order valence-corrected chi connectivity index (χ1v) is 9.01. The van der Waals surface area contributed by atoms with E-state index >= 15 is 0 Å². The molecule has 1 aliphatic heterocycles. The number of aromatic nitrogens is 4. The Bertz CT molecular complexity index is 1190. The molecule has 4 aromatic heterocycles. The van der Waals surface area contributed by atoms with Crippen LogP contribution in [0, 0.1) is 0 Å². The molecular weight excluding hydrogens is 358 g/mol. The van der Waals surface area contributed by atoms with Crippen LogP contribution in [0.2, 0.25) is 0 Å². The van der Waals surface area contributed by atoms with Gasteiger partial charge in [0.05, 0.1) is 24.2 Å². The molecule has 4 aromatic rings. The zero-order valence-corrected chi connectivity index (χ0v) is 14.9. The van der Waals surface area contributed by atoms with E-state index < -0.39 is 0 Å². The molecule has 5 rings (SSSR count). The second kappa shape index (κ2) is 6.49. The molecule has 0 aliphatic carbocycles. The first-order valence-electron chi connectivity index (χ1n) is 9.01. The van der Waals surface area contributed by atoms with Crippen LogP contribution < -0.4 is 5.56 Å². The average Bonchev–Trinajstić information content (AvgIpc) is 3.42. The zero-order chi connectivity index (χ0) is 19.1. The Morgan fingerprint density at radius 3 is 2.89 bits per heavy atom. The molecule has 140 valence electrons. The molecule has 0 spiro atoms. The van der Waals surface area contributed by atoms with Crippen LogP contribution in [0.1, 0.15) is 23.7 Å². The van der Waals surface area contributed by atoms with Crippen molar-refractivity contribution in [3.05, 3.63) is 76.7 Å². The first-order chi connectivity index (χ1) is 13.7. The van der Waals surface area contributed by atoms with Gasteiger partial charge in [-0.2, -0.15) is 0 Å². The highest BCUT2D eigenvalue weighted by molar-refractivity contribution is 5.79. The summed E-state index contributed by atoms with van der Waals surface area (Å²) in [5, 5.41) is 3.00. The molecule has 0 radical (unpaired) electrons. The van der Waals surface area contributed by atoms with Crippen molar-refractivity contribution in [1.82, 2.24) is 24.5 Å². The van der Waals surface area contributed by atoms with Gasteiger partial charge < -0.3 is 9.32 Å². The minimum absolute atomic E-state index is 0.0444. The molecule has 28 heavy (non-hydrogen) atoms. The Kier molecular flexibility index (Phi) is 3.82. The van der Waals surface area contributed by atoms with Crippen LogP contribution >= 0.6 is 0 Å². The second-order valence-corrected chi connectivity index (χ2v) is 6.86. The van der Waals surface area contributed by atoms with E-state index in [4.69, 9.17) is 4.42 Å². The van der Waals surface area contributed by atoms with Crippen molar-refractivity contribution in [1.29, 1.82) is 0 Å². The number of nitrogens with one attached hydrogen (secondary N) is 1. The van der Waals surface area contributed by atoms with E-state index in [1.807, 2.05) is 24.3 Å². The zero-order valence-electron chi connectivity index (χ0n) is 14.9. The van der Waals surface area contributed by atoms with Gasteiger partial charge in [0.15, 0.2) is 11.4 Å². The molecule has 1 aliphatic rings. The summed E-state index contributed by atoms with van der Waals surface area (Å²) in [5.41, 5.74) is 2.43. The number of fused-ring (bicyclic) bond motifs is 1. The summed E-state index contributed by atoms with van der Waals surface area (Å²) in [5.74, 6) is 0.558. The number of likely N-dealkylation sites (tertiary alicyclic amines) is 1. The van der Waals surface area contributed by atoms with Crippen molar-refractivity contribution in [3.63, 3.8) is 0 Å². The van der Waals surface area contributed by atoms with Crippen molar-refractivity contribution >= 4 is 11.6 Å². The van der Waals surface area contributed by atoms with Gasteiger partial charge in [-0.15, -0.1) is 0 Å². The van der Waals surface area contributed by atoms with Gasteiger partial charge in [-0.05, 0) is 24.3 Å². The Morgan fingerprint density at radius 1 is 1.18 bits per heavy atom. The number of hydrogen-bond acceptors (Lipinski definition) is 5. The molecular formula is C20H17N5O3. The van der Waals surface area contributed by atoms with Crippen LogP contribution in [0.15, 0.2) is 64.1 Å². The molecule has 8 heteroatoms. The maximum atomic E-state index is 12.5. The number of carbonyl (C=O) groups excluding carboxylic acids is 1. The maximum absolute atomic E-state index is 12.5. The molecule has 8 nitrogen and oxygen atoms in total. The van der Waals surface area contributed by atoms with Crippen LogP contribution in [0.5, 0.6) is 0 Å². The predicted molar refractivity (Wildman–Crippen MR) is 101 cm³/mol. The van der Waals surface area contributed by atoms with Gasteiger partial charge in [-0.3, -0.25) is 19.7 Å². The largest absolute Gasteiger partial charge is 0.463 e. The number of H-pyrrole nitrogens is 1. The van der Waals surface area contributed by atoms with E-state index in [1.54, 1.807) is 29.5 Å². The summed E-state index contributed by atoms with van der Waals surface area (Å²) in [7, 11) is 0. The maximum Gasteiger partial charge on any atom is 0.272 e. The third-order valence-electron chi connectivity index (χ3n) is 4.97. The Hall–Kier alpha value is -3.68. The Morgan fingerprint density at radius 2 is 2.11 bits per heavy atom. The summed E-state index contributed by atoms with van der Waals surface area (Å²) in [6.45, 7) is 0.984. The van der Waals surface area contributed by atoms with E-state index in [0.717, 1.165) is 5.69 Å². The van der Waals surface area contributed by atoms with Crippen molar-refractivity contribution < 1.29 is 9.21 Å². The highest BCUT2D eigenvalue weighted by Crippen LogP contribution is 2.28. The van der Waals surface area contributed by atoms with E-state index in [2.05, 4.69) is 15.1 Å². The van der Waals surface area contributed by atoms with Crippen LogP contribution in [-0.2, 0) is 11.3 Å². The lowest BCUT2D eigenvalue weighted by atomic mass is 10.0. The van der Waals surface area contributed by atoms with Crippen LogP contribution in [0.3, 0.4) is 0 Å². The fourth-order valence-electron chi connectivity index (χ4n) is 3.59. The molecule has 1 atom stereocenters. The molecule has 1 N–H and O–H groups in total. The Balaban J connectivity index is 1.43. The SMILES string of the molecule is O=C1CC(c2cc(=O)n3[nH]c(-c4ccco4)cc3n2)CN1Cc1ccccn1. The summed E-state index contributed by atoms with van der Waals surface area (Å²) in [6, 6.07) is 12.5. The van der Waals surface area contributed by atoms with Gasteiger partial charge >= 0.3 is 0 Å². The first kappa shape index (κ1) is 16.5. The average molecular weight is 375 g/mol. The van der Waals surface area contributed by atoms with Crippen molar-refractivity contribution in [2.45, 2.75) is 18.9 Å². The van der Waals surface area contributed by atoms with Crippen LogP contribution in [0.25, 0.3) is 17.1 Å². The molecule has 1 saturated heterocycles. The molecule has 1 amide bonds. The number of furan rings is 1. The van der Waals surface area contributed by atoms with Crippen LogP contribution in [0.4, 0.5) is 0 Å². The fourth-order valence-corrected chi connectivity index (χ4v) is 3.59. The number of amides is 1. The van der Waals surface area contributed by atoms with Crippen molar-refractivity contribution in [2.75, 3.05) is 6.54 Å². The lowest BCUT2D eigenvalue weighted by Crippen LogP contribution is -2.25. The van der Waals surface area contributed by atoms with E-state index in [1.165, 1.54) is 10.6 Å². The summed E-state index contributed by atoms with van der Waals surface area (Å²) in [6.07, 6.45) is 3.62. The summed E-state index contributed by atoms with van der Waals surface area (Å²) >= 11 is 0.